The molecule has 0 fully saturated rings. The van der Waals surface area contributed by atoms with E-state index in [1.54, 1.807) is 24.3 Å². The van der Waals surface area contributed by atoms with Crippen molar-refractivity contribution in [3.63, 3.8) is 0 Å². The van der Waals surface area contributed by atoms with E-state index in [9.17, 15) is 4.79 Å². The number of carbonyl (C=O) groups is 1. The third-order valence-corrected chi connectivity index (χ3v) is 4.15. The van der Waals surface area contributed by atoms with Crippen LogP contribution in [0.4, 0.5) is 5.69 Å². The number of hydrogen-bond donors (Lipinski definition) is 2. The lowest BCUT2D eigenvalue weighted by Gasteiger charge is -2.15. The van der Waals surface area contributed by atoms with Gasteiger partial charge in [0.15, 0.2) is 5.78 Å². The molecule has 1 aliphatic carbocycles. The molecule has 0 heterocycles. The molecule has 0 saturated carbocycles. The fraction of sp³-hybridized carbons (Fsp3) is 0.0526. The Balaban J connectivity index is 1.62. The zero-order valence-electron chi connectivity index (χ0n) is 12.2. The summed E-state index contributed by atoms with van der Waals surface area (Å²) < 4.78 is 0. The molecule has 0 aromatic heterocycles. The Labute approximate surface area is 133 Å². The fourth-order valence-electron chi connectivity index (χ4n) is 3.04. The van der Waals surface area contributed by atoms with Crippen LogP contribution in [0.15, 0.2) is 60.7 Å². The van der Waals surface area contributed by atoms with E-state index in [4.69, 9.17) is 5.26 Å². The van der Waals surface area contributed by atoms with Gasteiger partial charge >= 0.3 is 0 Å². The number of hydrogen-bond acceptors (Lipinski definition) is 4. The lowest BCUT2D eigenvalue weighted by molar-refractivity contribution is 0.0956. The smallest absolute Gasteiger partial charge is 0.186 e. The van der Waals surface area contributed by atoms with Crippen LogP contribution >= 0.6 is 0 Å². The first kappa shape index (κ1) is 13.5. The van der Waals surface area contributed by atoms with Crippen molar-refractivity contribution in [1.82, 2.24) is 5.43 Å². The van der Waals surface area contributed by atoms with Crippen molar-refractivity contribution >= 4 is 22.2 Å². The van der Waals surface area contributed by atoms with Crippen LogP contribution in [0.1, 0.15) is 27.5 Å². The maximum absolute atomic E-state index is 12.7. The zero-order valence-corrected chi connectivity index (χ0v) is 12.2. The second kappa shape index (κ2) is 5.24. The Hall–Kier alpha value is -3.16. The molecule has 1 atom stereocenters. The van der Waals surface area contributed by atoms with Gasteiger partial charge in [-0.05, 0) is 40.6 Å². The molecule has 2 N–H and O–H groups in total. The lowest BCUT2D eigenvalue weighted by Crippen LogP contribution is -2.30. The Morgan fingerprint density at radius 2 is 1.70 bits per heavy atom. The lowest BCUT2D eigenvalue weighted by atomic mass is 10.1. The van der Waals surface area contributed by atoms with Gasteiger partial charge < -0.3 is 5.43 Å². The van der Waals surface area contributed by atoms with Gasteiger partial charge in [-0.3, -0.25) is 4.79 Å². The summed E-state index contributed by atoms with van der Waals surface area (Å²) in [5, 5.41) is 10.9. The van der Waals surface area contributed by atoms with E-state index in [1.807, 2.05) is 36.4 Å². The highest BCUT2D eigenvalue weighted by Crippen LogP contribution is 2.36. The minimum absolute atomic E-state index is 0.0675. The average molecular weight is 299 g/mol. The minimum Gasteiger partial charge on any atom is -0.321 e. The van der Waals surface area contributed by atoms with Gasteiger partial charge in [-0.15, -0.1) is 0 Å². The summed E-state index contributed by atoms with van der Waals surface area (Å²) in [6.45, 7) is 0. The van der Waals surface area contributed by atoms with E-state index in [1.165, 1.54) is 0 Å². The van der Waals surface area contributed by atoms with Gasteiger partial charge in [-0.2, -0.15) is 5.26 Å². The molecule has 0 saturated heterocycles. The van der Waals surface area contributed by atoms with E-state index < -0.39 is 6.04 Å². The molecule has 4 rings (SSSR count). The van der Waals surface area contributed by atoms with Gasteiger partial charge in [0.1, 0.15) is 6.04 Å². The van der Waals surface area contributed by atoms with Crippen LogP contribution in [0.5, 0.6) is 0 Å². The Morgan fingerprint density at radius 3 is 2.43 bits per heavy atom. The molecule has 110 valence electrons. The summed E-state index contributed by atoms with van der Waals surface area (Å²) in [6, 6.07) is 20.5. The van der Waals surface area contributed by atoms with Crippen molar-refractivity contribution in [3.05, 3.63) is 77.4 Å². The monoisotopic (exact) mass is 299 g/mol. The summed E-state index contributed by atoms with van der Waals surface area (Å²) in [5.74, 6) is 0.0675. The second-order valence-corrected chi connectivity index (χ2v) is 5.51. The summed E-state index contributed by atoms with van der Waals surface area (Å²) >= 11 is 0. The van der Waals surface area contributed by atoms with Gasteiger partial charge in [-0.25, -0.2) is 5.43 Å². The van der Waals surface area contributed by atoms with Crippen LogP contribution in [0.25, 0.3) is 10.8 Å². The molecule has 3 aromatic rings. The number of nitrogens with one attached hydrogen (secondary N) is 2. The Kier molecular flexibility index (Phi) is 3.07. The maximum Gasteiger partial charge on any atom is 0.186 e. The number of benzene rings is 3. The quantitative estimate of drug-likeness (QED) is 0.726. The topological polar surface area (TPSA) is 64.9 Å². The summed E-state index contributed by atoms with van der Waals surface area (Å²) in [6.07, 6.45) is 0. The van der Waals surface area contributed by atoms with Crippen molar-refractivity contribution in [1.29, 1.82) is 5.26 Å². The third kappa shape index (κ3) is 2.15. The molecule has 0 amide bonds. The van der Waals surface area contributed by atoms with Crippen molar-refractivity contribution < 1.29 is 4.79 Å². The highest BCUT2D eigenvalue weighted by molar-refractivity contribution is 6.17. The number of hydrazine groups is 1. The van der Waals surface area contributed by atoms with Crippen molar-refractivity contribution in [2.24, 2.45) is 0 Å². The molecule has 23 heavy (non-hydrogen) atoms. The van der Waals surface area contributed by atoms with E-state index >= 15 is 0 Å². The molecule has 0 radical (unpaired) electrons. The summed E-state index contributed by atoms with van der Waals surface area (Å²) in [4.78, 5) is 12.7. The van der Waals surface area contributed by atoms with Gasteiger partial charge in [0.2, 0.25) is 0 Å². The molecule has 0 bridgehead atoms. The van der Waals surface area contributed by atoms with Gasteiger partial charge in [0, 0.05) is 11.3 Å². The first-order chi connectivity index (χ1) is 11.3. The summed E-state index contributed by atoms with van der Waals surface area (Å²) in [5.41, 5.74) is 9.33. The zero-order chi connectivity index (χ0) is 15.8. The normalized spacial score (nSPS) is 15.6. The van der Waals surface area contributed by atoms with Crippen LogP contribution in [-0.2, 0) is 0 Å². The van der Waals surface area contributed by atoms with Crippen LogP contribution in [0.2, 0.25) is 0 Å². The molecule has 4 heteroatoms. The molecule has 0 spiro atoms. The second-order valence-electron chi connectivity index (χ2n) is 5.51. The average Bonchev–Trinajstić information content (AvgIpc) is 2.88. The van der Waals surface area contributed by atoms with Crippen molar-refractivity contribution in [3.8, 4) is 6.07 Å². The molecule has 1 aliphatic rings. The third-order valence-electron chi connectivity index (χ3n) is 4.15. The Bertz CT molecular complexity index is 949. The highest BCUT2D eigenvalue weighted by Gasteiger charge is 2.32. The molecular weight excluding hydrogens is 286 g/mol. The number of Topliss-reactive ketones (excluding diaryl/α,β-unsaturated/α-hetero) is 1. The number of ketones is 1. The van der Waals surface area contributed by atoms with Crippen LogP contribution in [0, 0.1) is 11.3 Å². The number of anilines is 1. The van der Waals surface area contributed by atoms with Crippen LogP contribution < -0.4 is 10.9 Å². The van der Waals surface area contributed by atoms with E-state index in [-0.39, 0.29) is 5.78 Å². The standard InChI is InChI=1S/C19H13N3O/c20-11-12-7-9-14(10-8-12)21-22-18-15-5-1-3-13-4-2-6-16(17(13)15)19(18)23/h1-10,18,21-22H. The maximum atomic E-state index is 12.7. The molecule has 0 aliphatic heterocycles. The number of rotatable bonds is 3. The van der Waals surface area contributed by atoms with Crippen molar-refractivity contribution in [2.45, 2.75) is 6.04 Å². The van der Waals surface area contributed by atoms with Gasteiger partial charge in [0.25, 0.3) is 0 Å². The molecule has 3 aromatic carbocycles. The van der Waals surface area contributed by atoms with Crippen LogP contribution in [0.3, 0.4) is 0 Å². The largest absolute Gasteiger partial charge is 0.321 e. The molecular formula is C19H13N3O. The van der Waals surface area contributed by atoms with Crippen molar-refractivity contribution in [2.75, 3.05) is 5.43 Å². The fourth-order valence-corrected chi connectivity index (χ4v) is 3.04. The first-order valence-corrected chi connectivity index (χ1v) is 7.35. The van der Waals surface area contributed by atoms with E-state index in [2.05, 4.69) is 16.9 Å². The highest BCUT2D eigenvalue weighted by atomic mass is 16.1. The van der Waals surface area contributed by atoms with Gasteiger partial charge in [0.05, 0.1) is 11.6 Å². The first-order valence-electron chi connectivity index (χ1n) is 7.35. The predicted molar refractivity (Wildman–Crippen MR) is 88.9 cm³/mol. The molecule has 1 unspecified atom stereocenters. The number of nitriles is 1. The number of carbonyl (C=O) groups excluding carboxylic acids is 1. The Morgan fingerprint density at radius 1 is 0.957 bits per heavy atom. The van der Waals surface area contributed by atoms with Gasteiger partial charge in [-0.1, -0.05) is 36.4 Å². The minimum atomic E-state index is -0.410. The van der Waals surface area contributed by atoms with Crippen LogP contribution in [-0.4, -0.2) is 5.78 Å². The van der Waals surface area contributed by atoms with E-state index in [0.717, 1.165) is 27.6 Å². The predicted octanol–water partition coefficient (Wildman–Crippen LogP) is 3.57. The summed E-state index contributed by atoms with van der Waals surface area (Å²) in [7, 11) is 0. The number of nitrogens with zero attached hydrogens (tertiary/aromatic N) is 1. The SMILES string of the molecule is N#Cc1ccc(NNC2C(=O)c3cccc4cccc2c34)cc1. The molecule has 4 nitrogen and oxygen atoms in total. The van der Waals surface area contributed by atoms with E-state index in [0.29, 0.717) is 5.56 Å².